The van der Waals surface area contributed by atoms with Gasteiger partial charge in [-0.2, -0.15) is 0 Å². The van der Waals surface area contributed by atoms with Gasteiger partial charge in [0.05, 0.1) is 6.61 Å². The van der Waals surface area contributed by atoms with E-state index in [-0.39, 0.29) is 4.77 Å². The van der Waals surface area contributed by atoms with E-state index in [0.29, 0.717) is 4.64 Å². The Morgan fingerprint density at radius 3 is 2.78 bits per heavy atom. The minimum atomic E-state index is -1.68. The summed E-state index contributed by atoms with van der Waals surface area (Å²) in [4.78, 5) is 2.70. The molecule has 0 bridgehead atoms. The van der Waals surface area contributed by atoms with Crippen LogP contribution in [0.2, 0.25) is 0 Å². The van der Waals surface area contributed by atoms with Gasteiger partial charge >= 0.3 is 0 Å². The van der Waals surface area contributed by atoms with Crippen molar-refractivity contribution in [2.75, 3.05) is 6.61 Å². The number of rotatable bonds is 2. The van der Waals surface area contributed by atoms with Crippen LogP contribution in [0.5, 0.6) is 0 Å². The van der Waals surface area contributed by atoms with Gasteiger partial charge in [0.1, 0.15) is 16.3 Å². The van der Waals surface area contributed by atoms with Crippen LogP contribution in [0.15, 0.2) is 12.3 Å². The number of aliphatic hydroxyl groups excluding tert-OH is 2. The highest BCUT2D eigenvalue weighted by atomic mass is 32.1. The average molecular weight is 292 g/mol. The summed E-state index contributed by atoms with van der Waals surface area (Å²) in [7, 11) is 0. The lowest BCUT2D eigenvalue weighted by Crippen LogP contribution is -2.42. The molecule has 0 saturated carbocycles. The molecule has 18 heavy (non-hydrogen) atoms. The summed E-state index contributed by atoms with van der Waals surface area (Å²) in [5.74, 6) is 0. The number of nitrogens with one attached hydrogen (secondary N) is 1. The van der Waals surface area contributed by atoms with E-state index >= 15 is 0 Å². The fourth-order valence-electron chi connectivity index (χ4n) is 1.87. The zero-order valence-electron chi connectivity index (χ0n) is 9.54. The second kappa shape index (κ2) is 4.78. The van der Waals surface area contributed by atoms with E-state index < -0.39 is 30.7 Å². The maximum absolute atomic E-state index is 14.0. The minimum Gasteiger partial charge on any atom is -0.393 e. The lowest BCUT2D eigenvalue weighted by Gasteiger charge is -2.24. The van der Waals surface area contributed by atoms with Crippen LogP contribution in [0.3, 0.4) is 0 Å². The van der Waals surface area contributed by atoms with E-state index in [9.17, 15) is 14.6 Å². The first-order valence-electron chi connectivity index (χ1n) is 5.31. The first-order chi connectivity index (χ1) is 8.39. The van der Waals surface area contributed by atoms with Crippen molar-refractivity contribution in [3.63, 3.8) is 0 Å². The summed E-state index contributed by atoms with van der Waals surface area (Å²) in [6.45, 7) is 0.959. The highest BCUT2D eigenvalue weighted by Gasteiger charge is 2.52. The predicted octanol–water partition coefficient (Wildman–Crippen LogP) is 1.25. The Labute approximate surface area is 113 Å². The van der Waals surface area contributed by atoms with Gasteiger partial charge in [-0.1, -0.05) is 12.2 Å². The number of H-pyrrole nitrogens is 1. The molecular formula is C10H13FN2O3S2. The van der Waals surface area contributed by atoms with E-state index in [2.05, 4.69) is 4.98 Å². The monoisotopic (exact) mass is 292 g/mol. The Balaban J connectivity index is 2.41. The predicted molar refractivity (Wildman–Crippen MR) is 67.0 cm³/mol. The molecule has 0 spiro atoms. The SMILES string of the molecule is C[C@]1(CO)O[C@@H](n2ccc(=S)[nH]c2=S)[C@@H](F)[C@H]1O. The highest BCUT2D eigenvalue weighted by molar-refractivity contribution is 7.72. The molecule has 100 valence electrons. The van der Waals surface area contributed by atoms with Crippen LogP contribution in [0, 0.1) is 9.41 Å². The van der Waals surface area contributed by atoms with Crippen LogP contribution in [0.1, 0.15) is 13.2 Å². The van der Waals surface area contributed by atoms with E-state index in [1.165, 1.54) is 17.7 Å². The summed E-state index contributed by atoms with van der Waals surface area (Å²) in [6.07, 6.45) is -2.69. The number of aliphatic hydroxyl groups is 2. The molecule has 2 rings (SSSR count). The van der Waals surface area contributed by atoms with Gasteiger partial charge < -0.3 is 19.9 Å². The molecule has 0 aliphatic carbocycles. The maximum Gasteiger partial charge on any atom is 0.180 e. The van der Waals surface area contributed by atoms with Crippen molar-refractivity contribution in [3.05, 3.63) is 21.7 Å². The molecule has 1 saturated heterocycles. The molecule has 4 atom stereocenters. The van der Waals surface area contributed by atoms with Gasteiger partial charge in [-0.25, -0.2) is 4.39 Å². The number of aromatic amines is 1. The van der Waals surface area contributed by atoms with Crippen LogP contribution in [-0.2, 0) is 4.74 Å². The van der Waals surface area contributed by atoms with E-state index in [1.54, 1.807) is 6.07 Å². The van der Waals surface area contributed by atoms with E-state index in [0.717, 1.165) is 0 Å². The molecule has 0 unspecified atom stereocenters. The summed E-state index contributed by atoms with van der Waals surface area (Å²) in [5.41, 5.74) is -1.34. The zero-order chi connectivity index (χ0) is 13.5. The van der Waals surface area contributed by atoms with Gasteiger partial charge in [0.2, 0.25) is 0 Å². The van der Waals surface area contributed by atoms with Crippen molar-refractivity contribution in [2.45, 2.75) is 31.0 Å². The molecule has 3 N–H and O–H groups in total. The molecule has 1 aromatic rings. The third-order valence-electron chi connectivity index (χ3n) is 3.03. The average Bonchev–Trinajstić information content (AvgIpc) is 2.55. The number of aromatic nitrogens is 2. The standard InChI is InChI=1S/C10H13FN2O3S2/c1-10(4-14)7(15)6(11)8(16-10)13-3-2-5(17)12-9(13)18/h2-3,6-8,14-15H,4H2,1H3,(H,12,17,18)/t6-,7+,8+,10+/m0/s1. The Morgan fingerprint density at radius 2 is 2.28 bits per heavy atom. The number of nitrogens with zero attached hydrogens (tertiary/aromatic N) is 1. The Kier molecular flexibility index (Phi) is 3.65. The van der Waals surface area contributed by atoms with Crippen LogP contribution < -0.4 is 0 Å². The molecule has 2 heterocycles. The summed E-state index contributed by atoms with van der Waals surface area (Å²) in [5, 5.41) is 18.9. The van der Waals surface area contributed by atoms with E-state index in [4.69, 9.17) is 29.2 Å². The van der Waals surface area contributed by atoms with Crippen LogP contribution >= 0.6 is 24.4 Å². The molecule has 5 nitrogen and oxygen atoms in total. The first kappa shape index (κ1) is 13.8. The van der Waals surface area contributed by atoms with Crippen molar-refractivity contribution in [2.24, 2.45) is 0 Å². The quantitative estimate of drug-likeness (QED) is 0.716. The number of hydrogen-bond donors (Lipinski definition) is 3. The van der Waals surface area contributed by atoms with Crippen LogP contribution in [0.4, 0.5) is 4.39 Å². The maximum atomic E-state index is 14.0. The van der Waals surface area contributed by atoms with Crippen molar-refractivity contribution < 1.29 is 19.3 Å². The lowest BCUT2D eigenvalue weighted by molar-refractivity contribution is -0.116. The summed E-state index contributed by atoms with van der Waals surface area (Å²) >= 11 is 9.92. The Bertz CT molecular complexity index is 561. The molecule has 1 aliphatic heterocycles. The Morgan fingerprint density at radius 1 is 1.61 bits per heavy atom. The highest BCUT2D eigenvalue weighted by Crippen LogP contribution is 2.38. The number of ether oxygens (including phenoxy) is 1. The number of hydrogen-bond acceptors (Lipinski definition) is 5. The van der Waals surface area contributed by atoms with Gasteiger partial charge in [-0.15, -0.1) is 0 Å². The fraction of sp³-hybridized carbons (Fsp3) is 0.600. The van der Waals surface area contributed by atoms with Crippen LogP contribution in [-0.4, -0.2) is 44.2 Å². The molecule has 8 heteroatoms. The molecular weight excluding hydrogens is 279 g/mol. The van der Waals surface area contributed by atoms with Crippen molar-refractivity contribution >= 4 is 24.4 Å². The first-order valence-corrected chi connectivity index (χ1v) is 6.13. The minimum absolute atomic E-state index is 0.199. The third-order valence-corrected chi connectivity index (χ3v) is 3.58. The topological polar surface area (TPSA) is 70.4 Å². The summed E-state index contributed by atoms with van der Waals surface area (Å²) in [6, 6.07) is 1.54. The largest absolute Gasteiger partial charge is 0.393 e. The van der Waals surface area contributed by atoms with Crippen molar-refractivity contribution in [1.82, 2.24) is 9.55 Å². The van der Waals surface area contributed by atoms with Gasteiger partial charge in [0.15, 0.2) is 17.2 Å². The lowest BCUT2D eigenvalue weighted by atomic mass is 9.99. The van der Waals surface area contributed by atoms with Crippen molar-refractivity contribution in [3.8, 4) is 0 Å². The number of alkyl halides is 1. The molecule has 0 amide bonds. The van der Waals surface area contributed by atoms with Gasteiger partial charge in [0, 0.05) is 6.20 Å². The zero-order valence-corrected chi connectivity index (χ0v) is 11.2. The third kappa shape index (κ3) is 2.14. The smallest absolute Gasteiger partial charge is 0.180 e. The fourth-order valence-corrected chi connectivity index (χ4v) is 2.37. The molecule has 1 fully saturated rings. The number of halogens is 1. The van der Waals surface area contributed by atoms with Crippen LogP contribution in [0.25, 0.3) is 0 Å². The molecule has 1 aliphatic rings. The van der Waals surface area contributed by atoms with Gasteiger partial charge in [0.25, 0.3) is 0 Å². The molecule has 0 aromatic carbocycles. The summed E-state index contributed by atoms with van der Waals surface area (Å²) < 4.78 is 21.4. The molecule has 1 aromatic heterocycles. The molecule has 0 radical (unpaired) electrons. The van der Waals surface area contributed by atoms with Gasteiger partial charge in [-0.05, 0) is 25.2 Å². The Hall–Kier alpha value is -0.670. The second-order valence-electron chi connectivity index (χ2n) is 4.39. The van der Waals surface area contributed by atoms with E-state index in [1.807, 2.05) is 0 Å². The normalized spacial score (nSPS) is 35.9. The second-order valence-corrected chi connectivity index (χ2v) is 5.21. The van der Waals surface area contributed by atoms with Gasteiger partial charge in [-0.3, -0.25) is 4.57 Å². The van der Waals surface area contributed by atoms with Crippen molar-refractivity contribution in [1.29, 1.82) is 0 Å².